The number of aryl methyl sites for hydroxylation is 1. The highest BCUT2D eigenvalue weighted by atomic mass is 16.1. The molecule has 1 aliphatic rings. The van der Waals surface area contributed by atoms with Crippen molar-refractivity contribution in [3.63, 3.8) is 0 Å². The Hall–Kier alpha value is -1.36. The summed E-state index contributed by atoms with van der Waals surface area (Å²) in [7, 11) is 3.86. The summed E-state index contributed by atoms with van der Waals surface area (Å²) in [5.74, 6) is 0.472. The van der Waals surface area contributed by atoms with Crippen LogP contribution in [0.1, 0.15) is 12.8 Å². The van der Waals surface area contributed by atoms with Crippen molar-refractivity contribution >= 4 is 5.82 Å². The predicted octanol–water partition coefficient (Wildman–Crippen LogP) is 0.286. The number of anilines is 1. The van der Waals surface area contributed by atoms with Crippen molar-refractivity contribution in [1.82, 2.24) is 14.5 Å². The Kier molecular flexibility index (Phi) is 3.24. The Morgan fingerprint density at radius 3 is 2.75 bits per heavy atom. The summed E-state index contributed by atoms with van der Waals surface area (Å²) < 4.78 is 1.55. The van der Waals surface area contributed by atoms with Gasteiger partial charge in [-0.2, -0.15) is 0 Å². The van der Waals surface area contributed by atoms with Crippen LogP contribution in [0, 0.1) is 0 Å². The fourth-order valence-electron chi connectivity index (χ4n) is 1.94. The first-order valence-corrected chi connectivity index (χ1v) is 5.63. The summed E-state index contributed by atoms with van der Waals surface area (Å²) in [6.07, 6.45) is 5.45. The lowest BCUT2D eigenvalue weighted by Gasteiger charge is -2.29. The number of nitrogens with one attached hydrogen (secondary N) is 1. The monoisotopic (exact) mass is 222 g/mol. The van der Waals surface area contributed by atoms with E-state index in [1.54, 1.807) is 24.0 Å². The molecule has 1 saturated heterocycles. The molecule has 0 saturated carbocycles. The van der Waals surface area contributed by atoms with Crippen molar-refractivity contribution in [2.45, 2.75) is 18.9 Å². The number of rotatable bonds is 2. The van der Waals surface area contributed by atoms with E-state index >= 15 is 0 Å². The Balaban J connectivity index is 2.04. The third-order valence-corrected chi connectivity index (χ3v) is 3.08. The van der Waals surface area contributed by atoms with E-state index in [0.717, 1.165) is 25.9 Å². The Morgan fingerprint density at radius 1 is 1.38 bits per heavy atom. The third-order valence-electron chi connectivity index (χ3n) is 3.08. The van der Waals surface area contributed by atoms with Crippen molar-refractivity contribution < 1.29 is 0 Å². The molecule has 5 heteroatoms. The van der Waals surface area contributed by atoms with Gasteiger partial charge in [0.15, 0.2) is 5.82 Å². The summed E-state index contributed by atoms with van der Waals surface area (Å²) in [5.41, 5.74) is -0.0542. The molecule has 2 heterocycles. The van der Waals surface area contributed by atoms with Gasteiger partial charge < -0.3 is 14.8 Å². The molecule has 0 atom stereocenters. The first-order valence-electron chi connectivity index (χ1n) is 5.63. The van der Waals surface area contributed by atoms with Crippen LogP contribution < -0.4 is 10.9 Å². The number of nitrogens with zero attached hydrogens (tertiary/aromatic N) is 3. The average Bonchev–Trinajstić information content (AvgIpc) is 2.28. The minimum atomic E-state index is -0.0542. The van der Waals surface area contributed by atoms with Gasteiger partial charge in [0, 0.05) is 25.5 Å². The topological polar surface area (TPSA) is 50.2 Å². The maximum absolute atomic E-state index is 11.7. The van der Waals surface area contributed by atoms with Crippen LogP contribution in [0.2, 0.25) is 0 Å². The molecule has 1 aromatic heterocycles. The second-order valence-corrected chi connectivity index (χ2v) is 4.41. The third kappa shape index (κ3) is 2.41. The first-order chi connectivity index (χ1) is 7.66. The van der Waals surface area contributed by atoms with Gasteiger partial charge in [-0.05, 0) is 33.0 Å². The lowest BCUT2D eigenvalue weighted by atomic mass is 10.1. The van der Waals surface area contributed by atoms with Crippen molar-refractivity contribution in [3.8, 4) is 0 Å². The molecule has 0 aliphatic carbocycles. The minimum Gasteiger partial charge on any atom is -0.363 e. The second-order valence-electron chi connectivity index (χ2n) is 4.41. The molecule has 0 unspecified atom stereocenters. The lowest BCUT2D eigenvalue weighted by molar-refractivity contribution is 0.263. The molecular formula is C11H18N4O. The van der Waals surface area contributed by atoms with E-state index < -0.39 is 0 Å². The Morgan fingerprint density at radius 2 is 2.06 bits per heavy atom. The van der Waals surface area contributed by atoms with Crippen molar-refractivity contribution in [3.05, 3.63) is 22.7 Å². The molecule has 0 spiro atoms. The standard InChI is InChI=1S/C11H18N4O/c1-14-6-3-9(4-7-14)13-10-11(16)15(2)8-5-12-10/h5,8-9H,3-4,6-7H2,1-2H3,(H,12,13). The molecule has 0 radical (unpaired) electrons. The number of piperidine rings is 1. The fraction of sp³-hybridized carbons (Fsp3) is 0.636. The minimum absolute atomic E-state index is 0.0542. The highest BCUT2D eigenvalue weighted by Crippen LogP contribution is 2.11. The average molecular weight is 222 g/mol. The van der Waals surface area contributed by atoms with Crippen LogP contribution in [0.4, 0.5) is 5.82 Å². The quantitative estimate of drug-likeness (QED) is 0.781. The second kappa shape index (κ2) is 4.65. The van der Waals surface area contributed by atoms with E-state index in [2.05, 4.69) is 22.2 Å². The van der Waals surface area contributed by atoms with Crippen molar-refractivity contribution in [2.75, 3.05) is 25.5 Å². The van der Waals surface area contributed by atoms with Crippen LogP contribution in [0.25, 0.3) is 0 Å². The van der Waals surface area contributed by atoms with E-state index in [4.69, 9.17) is 0 Å². The van der Waals surface area contributed by atoms with E-state index in [-0.39, 0.29) is 5.56 Å². The van der Waals surface area contributed by atoms with Gasteiger partial charge in [0.05, 0.1) is 0 Å². The maximum atomic E-state index is 11.7. The van der Waals surface area contributed by atoms with Crippen molar-refractivity contribution in [1.29, 1.82) is 0 Å². The zero-order valence-electron chi connectivity index (χ0n) is 9.81. The molecule has 1 aromatic rings. The molecule has 0 amide bonds. The number of likely N-dealkylation sites (tertiary alicyclic amines) is 1. The number of aromatic nitrogens is 2. The zero-order chi connectivity index (χ0) is 11.5. The van der Waals surface area contributed by atoms with Gasteiger partial charge in [-0.3, -0.25) is 4.79 Å². The van der Waals surface area contributed by atoms with Crippen LogP contribution >= 0.6 is 0 Å². The fourth-order valence-corrected chi connectivity index (χ4v) is 1.94. The van der Waals surface area contributed by atoms with Crippen molar-refractivity contribution in [2.24, 2.45) is 7.05 Å². The number of hydrogen-bond donors (Lipinski definition) is 1. The van der Waals surface area contributed by atoms with Crippen LogP contribution in [0.3, 0.4) is 0 Å². The van der Waals surface area contributed by atoms with Gasteiger partial charge in [-0.1, -0.05) is 0 Å². The van der Waals surface area contributed by atoms with E-state index in [1.807, 2.05) is 0 Å². The van der Waals surface area contributed by atoms with Gasteiger partial charge in [0.25, 0.3) is 5.56 Å². The molecule has 1 N–H and O–H groups in total. The van der Waals surface area contributed by atoms with Gasteiger partial charge in [0.1, 0.15) is 0 Å². The molecule has 1 aliphatic heterocycles. The molecule has 1 fully saturated rings. The normalized spacial score (nSPS) is 18.6. The smallest absolute Gasteiger partial charge is 0.293 e. The maximum Gasteiger partial charge on any atom is 0.293 e. The highest BCUT2D eigenvalue weighted by Gasteiger charge is 2.17. The van der Waals surface area contributed by atoms with E-state index in [0.29, 0.717) is 11.9 Å². The van der Waals surface area contributed by atoms with Crippen LogP contribution in [-0.2, 0) is 7.05 Å². The largest absolute Gasteiger partial charge is 0.363 e. The summed E-state index contributed by atoms with van der Waals surface area (Å²) >= 11 is 0. The Labute approximate surface area is 95.1 Å². The van der Waals surface area contributed by atoms with Crippen LogP contribution in [0.15, 0.2) is 17.2 Å². The lowest BCUT2D eigenvalue weighted by Crippen LogP contribution is -2.38. The van der Waals surface area contributed by atoms with E-state index in [9.17, 15) is 4.79 Å². The highest BCUT2D eigenvalue weighted by molar-refractivity contribution is 5.32. The zero-order valence-corrected chi connectivity index (χ0v) is 9.81. The van der Waals surface area contributed by atoms with Crippen LogP contribution in [0.5, 0.6) is 0 Å². The molecule has 2 rings (SSSR count). The first kappa shape index (κ1) is 11.1. The molecule has 16 heavy (non-hydrogen) atoms. The summed E-state index contributed by atoms with van der Waals surface area (Å²) in [6, 6.07) is 0.374. The Bertz CT molecular complexity index is 407. The molecule has 0 bridgehead atoms. The van der Waals surface area contributed by atoms with Gasteiger partial charge in [-0.15, -0.1) is 0 Å². The van der Waals surface area contributed by atoms with Gasteiger partial charge in [-0.25, -0.2) is 4.98 Å². The van der Waals surface area contributed by atoms with Gasteiger partial charge >= 0.3 is 0 Å². The SMILES string of the molecule is CN1CCC(Nc2nccn(C)c2=O)CC1. The summed E-state index contributed by atoms with van der Waals surface area (Å²) in [4.78, 5) is 18.1. The molecular weight excluding hydrogens is 204 g/mol. The van der Waals surface area contributed by atoms with Gasteiger partial charge in [0.2, 0.25) is 0 Å². The molecule has 5 nitrogen and oxygen atoms in total. The molecule has 0 aromatic carbocycles. The number of hydrogen-bond acceptors (Lipinski definition) is 4. The van der Waals surface area contributed by atoms with Crippen LogP contribution in [-0.4, -0.2) is 40.6 Å². The predicted molar refractivity (Wildman–Crippen MR) is 63.6 cm³/mol. The summed E-state index contributed by atoms with van der Waals surface area (Å²) in [5, 5.41) is 3.24. The summed E-state index contributed by atoms with van der Waals surface area (Å²) in [6.45, 7) is 2.15. The van der Waals surface area contributed by atoms with E-state index in [1.165, 1.54) is 0 Å². The molecule has 88 valence electrons.